The second kappa shape index (κ2) is 7.45. The first-order valence-electron chi connectivity index (χ1n) is 9.42. The third-order valence-corrected chi connectivity index (χ3v) is 5.59. The van der Waals surface area contributed by atoms with Crippen molar-refractivity contribution in [2.45, 2.75) is 19.3 Å². The SMILES string of the molecule is Cn1cnc(-c2ccc(NC(=O)N3CCC(C4CCNC4)CC3)cc2)n1. The van der Waals surface area contributed by atoms with Crippen LogP contribution in [0.1, 0.15) is 19.3 Å². The van der Waals surface area contributed by atoms with Gasteiger partial charge in [0, 0.05) is 31.4 Å². The highest BCUT2D eigenvalue weighted by atomic mass is 16.2. The number of benzene rings is 1. The van der Waals surface area contributed by atoms with Crippen LogP contribution in [0.2, 0.25) is 0 Å². The molecule has 2 aromatic rings. The number of urea groups is 1. The topological polar surface area (TPSA) is 75.1 Å². The molecule has 0 spiro atoms. The predicted molar refractivity (Wildman–Crippen MR) is 101 cm³/mol. The molecule has 4 rings (SSSR count). The van der Waals surface area contributed by atoms with E-state index in [0.29, 0.717) is 5.82 Å². The Labute approximate surface area is 153 Å². The Kier molecular flexibility index (Phi) is 4.88. The van der Waals surface area contributed by atoms with E-state index in [9.17, 15) is 4.79 Å². The molecule has 0 radical (unpaired) electrons. The van der Waals surface area contributed by atoms with E-state index in [0.717, 1.165) is 62.1 Å². The number of anilines is 1. The Balaban J connectivity index is 1.30. The Morgan fingerprint density at radius 2 is 1.92 bits per heavy atom. The molecule has 3 heterocycles. The van der Waals surface area contributed by atoms with E-state index in [1.54, 1.807) is 11.0 Å². The predicted octanol–water partition coefficient (Wildman–Crippen LogP) is 2.34. The average Bonchev–Trinajstić information content (AvgIpc) is 3.34. The summed E-state index contributed by atoms with van der Waals surface area (Å²) in [5.74, 6) is 2.25. The van der Waals surface area contributed by atoms with Gasteiger partial charge in [0.2, 0.25) is 0 Å². The van der Waals surface area contributed by atoms with Crippen LogP contribution in [0.4, 0.5) is 10.5 Å². The van der Waals surface area contributed by atoms with E-state index in [1.807, 2.05) is 36.2 Å². The Morgan fingerprint density at radius 3 is 2.54 bits per heavy atom. The van der Waals surface area contributed by atoms with Crippen LogP contribution in [-0.4, -0.2) is 51.9 Å². The molecule has 0 bridgehead atoms. The van der Waals surface area contributed by atoms with Crippen molar-refractivity contribution in [3.05, 3.63) is 30.6 Å². The van der Waals surface area contributed by atoms with E-state index in [2.05, 4.69) is 20.7 Å². The quantitative estimate of drug-likeness (QED) is 0.887. The third kappa shape index (κ3) is 3.72. The molecule has 0 aliphatic carbocycles. The van der Waals surface area contributed by atoms with Crippen molar-refractivity contribution < 1.29 is 4.79 Å². The standard InChI is InChI=1S/C19H26N6O/c1-24-13-21-18(23-24)15-2-4-17(5-3-15)22-19(26)25-10-7-14(8-11-25)16-6-9-20-12-16/h2-5,13-14,16,20H,6-12H2,1H3,(H,22,26). The van der Waals surface area contributed by atoms with Gasteiger partial charge in [0.25, 0.3) is 0 Å². The highest BCUT2D eigenvalue weighted by Crippen LogP contribution is 2.29. The van der Waals surface area contributed by atoms with Crippen molar-refractivity contribution in [3.63, 3.8) is 0 Å². The molecule has 2 amide bonds. The maximum atomic E-state index is 12.5. The van der Waals surface area contributed by atoms with Crippen LogP contribution in [0.3, 0.4) is 0 Å². The molecule has 2 aliphatic rings. The highest BCUT2D eigenvalue weighted by molar-refractivity contribution is 5.89. The molecule has 1 atom stereocenters. The van der Waals surface area contributed by atoms with Crippen LogP contribution in [-0.2, 0) is 7.05 Å². The van der Waals surface area contributed by atoms with Crippen molar-refractivity contribution in [2.24, 2.45) is 18.9 Å². The fraction of sp³-hybridized carbons (Fsp3) is 0.526. The monoisotopic (exact) mass is 354 g/mol. The Bertz CT molecular complexity index is 742. The van der Waals surface area contributed by atoms with Crippen LogP contribution in [0, 0.1) is 11.8 Å². The summed E-state index contributed by atoms with van der Waals surface area (Å²) in [7, 11) is 1.84. The molecule has 1 aromatic heterocycles. The normalized spacial score (nSPS) is 21.1. The minimum atomic E-state index is -0.00305. The second-order valence-electron chi connectivity index (χ2n) is 7.33. The van der Waals surface area contributed by atoms with E-state index in [-0.39, 0.29) is 6.03 Å². The van der Waals surface area contributed by atoms with Gasteiger partial charge in [0.15, 0.2) is 5.82 Å². The van der Waals surface area contributed by atoms with Gasteiger partial charge in [0.05, 0.1) is 0 Å². The molecule has 138 valence electrons. The lowest BCUT2D eigenvalue weighted by molar-refractivity contribution is 0.163. The summed E-state index contributed by atoms with van der Waals surface area (Å²) < 4.78 is 1.68. The number of hydrogen-bond donors (Lipinski definition) is 2. The van der Waals surface area contributed by atoms with Gasteiger partial charge in [0.1, 0.15) is 6.33 Å². The fourth-order valence-corrected chi connectivity index (χ4v) is 4.03. The van der Waals surface area contributed by atoms with Crippen molar-refractivity contribution in [1.82, 2.24) is 25.0 Å². The summed E-state index contributed by atoms with van der Waals surface area (Å²) in [5.41, 5.74) is 1.74. The van der Waals surface area contributed by atoms with Gasteiger partial charge < -0.3 is 15.5 Å². The number of carbonyl (C=O) groups excluding carboxylic acids is 1. The van der Waals surface area contributed by atoms with Gasteiger partial charge in [-0.25, -0.2) is 9.78 Å². The fourth-order valence-electron chi connectivity index (χ4n) is 4.03. The zero-order valence-electron chi connectivity index (χ0n) is 15.2. The molecule has 7 nitrogen and oxygen atoms in total. The van der Waals surface area contributed by atoms with E-state index in [1.165, 1.54) is 6.42 Å². The van der Waals surface area contributed by atoms with Gasteiger partial charge in [-0.05, 0) is 68.5 Å². The first kappa shape index (κ1) is 17.0. The van der Waals surface area contributed by atoms with Crippen molar-refractivity contribution in [3.8, 4) is 11.4 Å². The minimum absolute atomic E-state index is 0.00305. The third-order valence-electron chi connectivity index (χ3n) is 5.59. The molecular formula is C19H26N6O. The average molecular weight is 354 g/mol. The first-order chi connectivity index (χ1) is 12.7. The number of hydrogen-bond acceptors (Lipinski definition) is 4. The molecule has 1 aromatic carbocycles. The molecular weight excluding hydrogens is 328 g/mol. The number of piperidine rings is 1. The molecule has 2 fully saturated rings. The van der Waals surface area contributed by atoms with Crippen LogP contribution >= 0.6 is 0 Å². The Hall–Kier alpha value is -2.41. The molecule has 2 aliphatic heterocycles. The number of aromatic nitrogens is 3. The molecule has 26 heavy (non-hydrogen) atoms. The van der Waals surface area contributed by atoms with E-state index in [4.69, 9.17) is 0 Å². The molecule has 0 saturated carbocycles. The van der Waals surface area contributed by atoms with E-state index >= 15 is 0 Å². The van der Waals surface area contributed by atoms with Crippen LogP contribution < -0.4 is 10.6 Å². The summed E-state index contributed by atoms with van der Waals surface area (Å²) >= 11 is 0. The number of nitrogens with zero attached hydrogens (tertiary/aromatic N) is 4. The zero-order chi connectivity index (χ0) is 17.9. The summed E-state index contributed by atoms with van der Waals surface area (Å²) in [4.78, 5) is 18.7. The molecule has 2 N–H and O–H groups in total. The lowest BCUT2D eigenvalue weighted by Gasteiger charge is -2.34. The largest absolute Gasteiger partial charge is 0.325 e. The molecule has 2 saturated heterocycles. The minimum Gasteiger partial charge on any atom is -0.325 e. The number of likely N-dealkylation sites (tertiary alicyclic amines) is 1. The van der Waals surface area contributed by atoms with E-state index < -0.39 is 0 Å². The van der Waals surface area contributed by atoms with Gasteiger partial charge in [-0.15, -0.1) is 0 Å². The molecule has 7 heteroatoms. The first-order valence-corrected chi connectivity index (χ1v) is 9.42. The van der Waals surface area contributed by atoms with Crippen LogP contribution in [0.25, 0.3) is 11.4 Å². The zero-order valence-corrected chi connectivity index (χ0v) is 15.2. The number of amides is 2. The van der Waals surface area contributed by atoms with Crippen molar-refractivity contribution in [1.29, 1.82) is 0 Å². The Morgan fingerprint density at radius 1 is 1.15 bits per heavy atom. The van der Waals surface area contributed by atoms with Gasteiger partial charge >= 0.3 is 6.03 Å². The van der Waals surface area contributed by atoms with Crippen LogP contribution in [0.5, 0.6) is 0 Å². The summed E-state index contributed by atoms with van der Waals surface area (Å²) in [6, 6.07) is 7.67. The van der Waals surface area contributed by atoms with Crippen LogP contribution in [0.15, 0.2) is 30.6 Å². The molecule has 1 unspecified atom stereocenters. The van der Waals surface area contributed by atoms with Gasteiger partial charge in [-0.2, -0.15) is 5.10 Å². The number of carbonyl (C=O) groups is 1. The number of aryl methyl sites for hydroxylation is 1. The van der Waals surface area contributed by atoms with Crippen molar-refractivity contribution in [2.75, 3.05) is 31.5 Å². The number of rotatable bonds is 3. The van der Waals surface area contributed by atoms with Gasteiger partial charge in [-0.3, -0.25) is 4.68 Å². The summed E-state index contributed by atoms with van der Waals surface area (Å²) in [5, 5.41) is 10.7. The lowest BCUT2D eigenvalue weighted by Crippen LogP contribution is -2.42. The maximum Gasteiger partial charge on any atom is 0.321 e. The smallest absolute Gasteiger partial charge is 0.321 e. The summed E-state index contributed by atoms with van der Waals surface area (Å²) in [6.07, 6.45) is 5.19. The summed E-state index contributed by atoms with van der Waals surface area (Å²) in [6.45, 7) is 4.00. The number of nitrogens with one attached hydrogen (secondary N) is 2. The lowest BCUT2D eigenvalue weighted by atomic mass is 9.84. The highest BCUT2D eigenvalue weighted by Gasteiger charge is 2.30. The maximum absolute atomic E-state index is 12.5. The second-order valence-corrected chi connectivity index (χ2v) is 7.33. The van der Waals surface area contributed by atoms with Crippen molar-refractivity contribution >= 4 is 11.7 Å². The van der Waals surface area contributed by atoms with Gasteiger partial charge in [-0.1, -0.05) is 0 Å².